The predicted molar refractivity (Wildman–Crippen MR) is 80.2 cm³/mol. The van der Waals surface area contributed by atoms with Gasteiger partial charge in [0.15, 0.2) is 0 Å². The second kappa shape index (κ2) is 5.82. The van der Waals surface area contributed by atoms with Gasteiger partial charge in [-0.2, -0.15) is 0 Å². The topological polar surface area (TPSA) is 44.5 Å². The van der Waals surface area contributed by atoms with Crippen molar-refractivity contribution in [1.29, 1.82) is 0 Å². The first-order valence-electron chi connectivity index (χ1n) is 7.02. The number of benzene rings is 1. The van der Waals surface area contributed by atoms with E-state index in [0.29, 0.717) is 22.6 Å². The Morgan fingerprint density at radius 2 is 2.00 bits per heavy atom. The van der Waals surface area contributed by atoms with Gasteiger partial charge in [-0.25, -0.2) is 0 Å². The average Bonchev–Trinajstić information content (AvgIpc) is 2.86. The summed E-state index contributed by atoms with van der Waals surface area (Å²) in [5.41, 5.74) is 7.17. The van der Waals surface area contributed by atoms with Crippen molar-refractivity contribution in [1.82, 2.24) is 0 Å². The maximum absolute atomic E-state index is 6.46. The summed E-state index contributed by atoms with van der Waals surface area (Å²) in [6.07, 6.45) is 2.80. The lowest BCUT2D eigenvalue weighted by molar-refractivity contribution is -0.101. The molecule has 3 nitrogen and oxygen atoms in total. The average molecular weight is 316 g/mol. The summed E-state index contributed by atoms with van der Waals surface area (Å²) in [5, 5.41) is 1.29. The number of halogens is 2. The molecule has 1 aromatic carbocycles. The second-order valence-corrected chi connectivity index (χ2v) is 6.56. The molecule has 2 heterocycles. The summed E-state index contributed by atoms with van der Waals surface area (Å²) in [6.45, 7) is 2.17. The Labute approximate surface area is 129 Å². The summed E-state index contributed by atoms with van der Waals surface area (Å²) in [7, 11) is 0. The van der Waals surface area contributed by atoms with Crippen LogP contribution in [0.5, 0.6) is 0 Å². The Kier molecular flexibility index (Phi) is 4.25. The van der Waals surface area contributed by atoms with Crippen molar-refractivity contribution in [2.24, 2.45) is 11.7 Å². The lowest BCUT2D eigenvalue weighted by Gasteiger charge is -2.39. The first-order valence-corrected chi connectivity index (χ1v) is 7.78. The number of nitrogens with two attached hydrogens (primary N) is 1. The van der Waals surface area contributed by atoms with Crippen LogP contribution in [0, 0.1) is 5.92 Å². The van der Waals surface area contributed by atoms with E-state index in [9.17, 15) is 0 Å². The van der Waals surface area contributed by atoms with Crippen molar-refractivity contribution >= 4 is 23.2 Å². The summed E-state index contributed by atoms with van der Waals surface area (Å²) in [6, 6.07) is 5.38. The molecular formula is C15H19Cl2NO2. The number of hydrogen-bond acceptors (Lipinski definition) is 3. The van der Waals surface area contributed by atoms with Gasteiger partial charge >= 0.3 is 0 Å². The van der Waals surface area contributed by atoms with E-state index < -0.39 is 0 Å². The van der Waals surface area contributed by atoms with Crippen LogP contribution in [0.15, 0.2) is 18.2 Å². The smallest absolute Gasteiger partial charge is 0.0940 e. The molecule has 1 aromatic rings. The molecule has 3 atom stereocenters. The Bertz CT molecular complexity index is 469. The maximum Gasteiger partial charge on any atom is 0.0940 e. The van der Waals surface area contributed by atoms with Gasteiger partial charge in [-0.05, 0) is 30.9 Å². The highest BCUT2D eigenvalue weighted by molar-refractivity contribution is 6.36. The normalized spacial score (nSPS) is 31.6. The van der Waals surface area contributed by atoms with Gasteiger partial charge in [-0.1, -0.05) is 29.3 Å². The highest BCUT2D eigenvalue weighted by Crippen LogP contribution is 2.42. The molecule has 2 aliphatic rings. The van der Waals surface area contributed by atoms with Crippen LogP contribution in [0.3, 0.4) is 0 Å². The van der Waals surface area contributed by atoms with Crippen molar-refractivity contribution in [3.05, 3.63) is 33.8 Å². The molecule has 20 heavy (non-hydrogen) atoms. The van der Waals surface area contributed by atoms with Crippen LogP contribution in [0.2, 0.25) is 10.0 Å². The van der Waals surface area contributed by atoms with Crippen molar-refractivity contribution in [2.75, 3.05) is 19.8 Å². The fraction of sp³-hybridized carbons (Fsp3) is 0.600. The molecule has 0 radical (unpaired) electrons. The van der Waals surface area contributed by atoms with Gasteiger partial charge in [0.2, 0.25) is 0 Å². The van der Waals surface area contributed by atoms with E-state index in [-0.39, 0.29) is 11.6 Å². The van der Waals surface area contributed by atoms with Crippen LogP contribution in [-0.4, -0.2) is 25.4 Å². The molecule has 3 unspecified atom stereocenters. The molecule has 3 rings (SSSR count). The fourth-order valence-electron chi connectivity index (χ4n) is 3.30. The minimum Gasteiger partial charge on any atom is -0.378 e. The monoisotopic (exact) mass is 315 g/mol. The van der Waals surface area contributed by atoms with Crippen LogP contribution in [0.4, 0.5) is 0 Å². The Morgan fingerprint density at radius 3 is 2.65 bits per heavy atom. The van der Waals surface area contributed by atoms with Crippen LogP contribution >= 0.6 is 23.2 Å². The third-order valence-corrected chi connectivity index (χ3v) is 5.10. The SMILES string of the molecule is NC(c1c(Cl)cccc1Cl)C1CCOC2(CCOC2)C1. The third kappa shape index (κ3) is 2.70. The molecule has 0 aromatic heterocycles. The van der Waals surface area contributed by atoms with Gasteiger partial charge in [0, 0.05) is 41.3 Å². The van der Waals surface area contributed by atoms with Crippen LogP contribution < -0.4 is 5.73 Å². The third-order valence-electron chi connectivity index (χ3n) is 4.44. The largest absolute Gasteiger partial charge is 0.378 e. The van der Waals surface area contributed by atoms with Crippen molar-refractivity contribution in [3.63, 3.8) is 0 Å². The molecule has 110 valence electrons. The van der Waals surface area contributed by atoms with E-state index in [1.165, 1.54) is 0 Å². The lowest BCUT2D eigenvalue weighted by Crippen LogP contribution is -2.43. The zero-order valence-electron chi connectivity index (χ0n) is 11.3. The molecule has 0 aliphatic carbocycles. The standard InChI is InChI=1S/C15H19Cl2NO2/c16-11-2-1-3-12(17)13(11)14(18)10-4-6-20-15(8-10)5-7-19-9-15/h1-3,10,14H,4-9,18H2. The molecule has 1 spiro atoms. The minimum absolute atomic E-state index is 0.145. The van der Waals surface area contributed by atoms with Gasteiger partial charge in [-0.3, -0.25) is 0 Å². The van der Waals surface area contributed by atoms with E-state index >= 15 is 0 Å². The number of rotatable bonds is 2. The van der Waals surface area contributed by atoms with Crippen molar-refractivity contribution < 1.29 is 9.47 Å². The van der Waals surface area contributed by atoms with Crippen LogP contribution in [0.1, 0.15) is 30.9 Å². The molecule has 2 aliphatic heterocycles. The number of hydrogen-bond donors (Lipinski definition) is 1. The molecule has 0 amide bonds. The predicted octanol–water partition coefficient (Wildman–Crippen LogP) is 3.58. The van der Waals surface area contributed by atoms with Gasteiger partial charge in [0.25, 0.3) is 0 Å². The second-order valence-electron chi connectivity index (χ2n) is 5.75. The summed E-state index contributed by atoms with van der Waals surface area (Å²) < 4.78 is 11.5. The highest BCUT2D eigenvalue weighted by Gasteiger charge is 2.43. The molecule has 0 saturated carbocycles. The quantitative estimate of drug-likeness (QED) is 0.907. The van der Waals surface area contributed by atoms with Crippen LogP contribution in [0.25, 0.3) is 0 Å². The first kappa shape index (κ1) is 14.6. The maximum atomic E-state index is 6.46. The van der Waals surface area contributed by atoms with Crippen molar-refractivity contribution in [3.8, 4) is 0 Å². The zero-order chi connectivity index (χ0) is 14.2. The lowest BCUT2D eigenvalue weighted by atomic mass is 9.79. The van der Waals surface area contributed by atoms with Gasteiger partial charge in [0.1, 0.15) is 0 Å². The zero-order valence-corrected chi connectivity index (χ0v) is 12.8. The molecule has 0 bridgehead atoms. The molecule has 5 heteroatoms. The highest BCUT2D eigenvalue weighted by atomic mass is 35.5. The summed E-state index contributed by atoms with van der Waals surface area (Å²) in [5.74, 6) is 0.322. The van der Waals surface area contributed by atoms with E-state index in [4.69, 9.17) is 38.4 Å². The minimum atomic E-state index is -0.155. The summed E-state index contributed by atoms with van der Waals surface area (Å²) >= 11 is 12.5. The Morgan fingerprint density at radius 1 is 1.25 bits per heavy atom. The van der Waals surface area contributed by atoms with E-state index in [1.807, 2.05) is 18.2 Å². The summed E-state index contributed by atoms with van der Waals surface area (Å²) in [4.78, 5) is 0. The van der Waals surface area contributed by atoms with Gasteiger partial charge < -0.3 is 15.2 Å². The Balaban J connectivity index is 1.81. The molecular weight excluding hydrogens is 297 g/mol. The van der Waals surface area contributed by atoms with Crippen molar-refractivity contribution in [2.45, 2.75) is 30.9 Å². The molecule has 2 saturated heterocycles. The van der Waals surface area contributed by atoms with E-state index in [0.717, 1.165) is 38.0 Å². The fourth-order valence-corrected chi connectivity index (χ4v) is 3.95. The van der Waals surface area contributed by atoms with Gasteiger partial charge in [-0.15, -0.1) is 0 Å². The molecule has 2 fully saturated rings. The molecule has 2 N–H and O–H groups in total. The van der Waals surface area contributed by atoms with E-state index in [1.54, 1.807) is 0 Å². The van der Waals surface area contributed by atoms with Crippen LogP contribution in [-0.2, 0) is 9.47 Å². The van der Waals surface area contributed by atoms with E-state index in [2.05, 4.69) is 0 Å². The first-order chi connectivity index (χ1) is 9.61. The van der Waals surface area contributed by atoms with Gasteiger partial charge in [0.05, 0.1) is 12.2 Å². The Hall–Kier alpha value is -0.320. The number of ether oxygens (including phenoxy) is 2.